The fourth-order valence-corrected chi connectivity index (χ4v) is 1.18. The molecule has 6 heteroatoms. The Hall–Kier alpha value is -1.98. The SMILES string of the molecule is O=Cc1nccc(OC2CC2)c1[N+](=O)[O-]. The lowest BCUT2D eigenvalue weighted by Gasteiger charge is -2.04. The summed E-state index contributed by atoms with van der Waals surface area (Å²) < 4.78 is 5.32. The van der Waals surface area contributed by atoms with Gasteiger partial charge in [-0.25, -0.2) is 4.98 Å². The van der Waals surface area contributed by atoms with E-state index in [1.165, 1.54) is 12.3 Å². The number of pyridine rings is 1. The van der Waals surface area contributed by atoms with Crippen LogP contribution in [0.1, 0.15) is 23.3 Å². The van der Waals surface area contributed by atoms with Crippen molar-refractivity contribution in [1.82, 2.24) is 4.98 Å². The molecule has 1 aliphatic rings. The standard InChI is InChI=1S/C9H8N2O4/c12-5-7-9(11(13)14)8(3-4-10-7)15-6-1-2-6/h3-6H,1-2H2. The van der Waals surface area contributed by atoms with E-state index in [-0.39, 0.29) is 23.2 Å². The Morgan fingerprint density at radius 1 is 1.60 bits per heavy atom. The van der Waals surface area contributed by atoms with Crippen molar-refractivity contribution in [1.29, 1.82) is 0 Å². The zero-order valence-electron chi connectivity index (χ0n) is 7.75. The van der Waals surface area contributed by atoms with Crippen LogP contribution < -0.4 is 4.74 Å². The third kappa shape index (κ3) is 1.93. The van der Waals surface area contributed by atoms with Gasteiger partial charge in [-0.3, -0.25) is 14.9 Å². The predicted molar refractivity (Wildman–Crippen MR) is 49.9 cm³/mol. The minimum absolute atomic E-state index is 0.0469. The van der Waals surface area contributed by atoms with Gasteiger partial charge in [-0.1, -0.05) is 0 Å². The number of hydrogen-bond donors (Lipinski definition) is 0. The van der Waals surface area contributed by atoms with Crippen LogP contribution in [0.15, 0.2) is 12.3 Å². The topological polar surface area (TPSA) is 82.3 Å². The highest BCUT2D eigenvalue weighted by atomic mass is 16.6. The Morgan fingerprint density at radius 3 is 2.87 bits per heavy atom. The third-order valence-electron chi connectivity index (χ3n) is 2.03. The Morgan fingerprint density at radius 2 is 2.33 bits per heavy atom. The molecule has 1 aromatic heterocycles. The smallest absolute Gasteiger partial charge is 0.339 e. The number of aromatic nitrogens is 1. The molecule has 0 N–H and O–H groups in total. The van der Waals surface area contributed by atoms with Gasteiger partial charge in [-0.2, -0.15) is 0 Å². The number of carbonyl (C=O) groups excluding carboxylic acids is 1. The lowest BCUT2D eigenvalue weighted by atomic mass is 10.3. The molecule has 1 aliphatic carbocycles. The summed E-state index contributed by atoms with van der Waals surface area (Å²) in [5, 5.41) is 10.7. The molecule has 78 valence electrons. The van der Waals surface area contributed by atoms with Crippen molar-refractivity contribution in [2.45, 2.75) is 18.9 Å². The van der Waals surface area contributed by atoms with Crippen molar-refractivity contribution < 1.29 is 14.5 Å². The fraction of sp³-hybridized carbons (Fsp3) is 0.333. The van der Waals surface area contributed by atoms with Crippen LogP contribution in [0.3, 0.4) is 0 Å². The van der Waals surface area contributed by atoms with Gasteiger partial charge >= 0.3 is 5.69 Å². The van der Waals surface area contributed by atoms with Gasteiger partial charge in [0.2, 0.25) is 5.75 Å². The predicted octanol–water partition coefficient (Wildman–Crippen LogP) is 1.34. The first kappa shape index (κ1) is 9.57. The van der Waals surface area contributed by atoms with Crippen LogP contribution in [0.4, 0.5) is 5.69 Å². The van der Waals surface area contributed by atoms with Crippen molar-refractivity contribution in [3.8, 4) is 5.75 Å². The average Bonchev–Trinajstić information content (AvgIpc) is 3.01. The molecule has 0 unspecified atom stereocenters. The normalized spacial score (nSPS) is 14.7. The van der Waals surface area contributed by atoms with Gasteiger partial charge in [-0.05, 0) is 12.8 Å². The number of rotatable bonds is 4. The Labute approximate surface area is 85.0 Å². The molecule has 1 saturated carbocycles. The maximum atomic E-state index is 10.7. The van der Waals surface area contributed by atoms with Crippen molar-refractivity contribution in [3.05, 3.63) is 28.1 Å². The summed E-state index contributed by atoms with van der Waals surface area (Å²) in [6.07, 6.45) is 3.53. The second-order valence-electron chi connectivity index (χ2n) is 3.24. The third-order valence-corrected chi connectivity index (χ3v) is 2.03. The van der Waals surface area contributed by atoms with E-state index >= 15 is 0 Å². The average molecular weight is 208 g/mol. The van der Waals surface area contributed by atoms with E-state index in [0.717, 1.165) is 12.8 Å². The molecule has 0 aromatic carbocycles. The van der Waals surface area contributed by atoms with Crippen LogP contribution >= 0.6 is 0 Å². The molecule has 6 nitrogen and oxygen atoms in total. The molecule has 0 bridgehead atoms. The van der Waals surface area contributed by atoms with Crippen molar-refractivity contribution >= 4 is 12.0 Å². The minimum Gasteiger partial charge on any atom is -0.483 e. The van der Waals surface area contributed by atoms with E-state index in [9.17, 15) is 14.9 Å². The van der Waals surface area contributed by atoms with Crippen molar-refractivity contribution in [2.75, 3.05) is 0 Å². The molecule has 0 spiro atoms. The summed E-state index contributed by atoms with van der Waals surface area (Å²) in [6, 6.07) is 1.41. The summed E-state index contributed by atoms with van der Waals surface area (Å²) in [4.78, 5) is 24.3. The van der Waals surface area contributed by atoms with Crippen molar-refractivity contribution in [2.24, 2.45) is 0 Å². The van der Waals surface area contributed by atoms with Crippen LogP contribution in [0.25, 0.3) is 0 Å². The molecule has 1 heterocycles. The fourth-order valence-electron chi connectivity index (χ4n) is 1.18. The van der Waals surface area contributed by atoms with E-state index in [0.29, 0.717) is 6.29 Å². The molecule has 1 fully saturated rings. The minimum atomic E-state index is -0.644. The number of nitrogens with zero attached hydrogens (tertiary/aromatic N) is 2. The summed E-state index contributed by atoms with van der Waals surface area (Å²) >= 11 is 0. The molecule has 0 radical (unpaired) electrons. The van der Waals surface area contributed by atoms with Crippen LogP contribution in [0, 0.1) is 10.1 Å². The van der Waals surface area contributed by atoms with Gasteiger partial charge in [0.1, 0.15) is 0 Å². The first-order valence-electron chi connectivity index (χ1n) is 4.47. The summed E-state index contributed by atoms with van der Waals surface area (Å²) in [6.45, 7) is 0. The van der Waals surface area contributed by atoms with E-state index in [4.69, 9.17) is 4.74 Å². The zero-order chi connectivity index (χ0) is 10.8. The molecule has 15 heavy (non-hydrogen) atoms. The first-order valence-corrected chi connectivity index (χ1v) is 4.47. The summed E-state index contributed by atoms with van der Waals surface area (Å²) in [5.74, 6) is 0.125. The molecule has 0 amide bonds. The highest BCUT2D eigenvalue weighted by Gasteiger charge is 2.29. The van der Waals surface area contributed by atoms with Gasteiger partial charge in [0.15, 0.2) is 12.0 Å². The van der Waals surface area contributed by atoms with Gasteiger partial charge in [0.05, 0.1) is 11.0 Å². The Bertz CT molecular complexity index is 415. The van der Waals surface area contributed by atoms with Gasteiger partial charge in [0.25, 0.3) is 0 Å². The second-order valence-corrected chi connectivity index (χ2v) is 3.24. The first-order chi connectivity index (χ1) is 7.22. The van der Waals surface area contributed by atoms with Gasteiger partial charge < -0.3 is 4.74 Å². The van der Waals surface area contributed by atoms with Crippen LogP contribution in [-0.2, 0) is 0 Å². The van der Waals surface area contributed by atoms with Crippen molar-refractivity contribution in [3.63, 3.8) is 0 Å². The molecular weight excluding hydrogens is 200 g/mol. The molecule has 0 saturated heterocycles. The largest absolute Gasteiger partial charge is 0.483 e. The number of nitro groups is 1. The molecular formula is C9H8N2O4. The lowest BCUT2D eigenvalue weighted by molar-refractivity contribution is -0.386. The summed E-state index contributed by atoms with van der Waals surface area (Å²) in [7, 11) is 0. The molecule has 1 aromatic rings. The molecule has 0 aliphatic heterocycles. The zero-order valence-corrected chi connectivity index (χ0v) is 7.75. The van der Waals surface area contributed by atoms with Crippen LogP contribution in [-0.4, -0.2) is 22.3 Å². The Balaban J connectivity index is 2.41. The Kier molecular flexibility index (Phi) is 2.32. The van der Waals surface area contributed by atoms with E-state index in [1.54, 1.807) is 0 Å². The second kappa shape index (κ2) is 3.64. The number of ether oxygens (including phenoxy) is 1. The van der Waals surface area contributed by atoms with Crippen LogP contribution in [0.5, 0.6) is 5.75 Å². The molecule has 2 rings (SSSR count). The van der Waals surface area contributed by atoms with Gasteiger partial charge in [-0.15, -0.1) is 0 Å². The van der Waals surface area contributed by atoms with E-state index in [2.05, 4.69) is 4.98 Å². The maximum absolute atomic E-state index is 10.7. The lowest BCUT2D eigenvalue weighted by Crippen LogP contribution is -2.04. The maximum Gasteiger partial charge on any atom is 0.339 e. The van der Waals surface area contributed by atoms with Gasteiger partial charge in [0, 0.05) is 12.3 Å². The highest BCUT2D eigenvalue weighted by Crippen LogP contribution is 2.34. The number of aldehydes is 1. The monoisotopic (exact) mass is 208 g/mol. The number of hydrogen-bond acceptors (Lipinski definition) is 5. The summed E-state index contributed by atoms with van der Waals surface area (Å²) in [5.41, 5.74) is -0.544. The van der Waals surface area contributed by atoms with E-state index in [1.807, 2.05) is 0 Å². The van der Waals surface area contributed by atoms with Crippen LogP contribution in [0.2, 0.25) is 0 Å². The molecule has 0 atom stereocenters. The number of carbonyl (C=O) groups is 1. The van der Waals surface area contributed by atoms with E-state index < -0.39 is 4.92 Å². The quantitative estimate of drug-likeness (QED) is 0.423. The highest BCUT2D eigenvalue weighted by molar-refractivity contribution is 5.80.